The van der Waals surface area contributed by atoms with E-state index in [0.717, 1.165) is 39.0 Å². The van der Waals surface area contributed by atoms with E-state index in [-0.39, 0.29) is 0 Å². The minimum absolute atomic E-state index is 0.920. The Bertz CT molecular complexity index is 2810. The van der Waals surface area contributed by atoms with Crippen LogP contribution in [0, 0.1) is 0 Å². The summed E-state index contributed by atoms with van der Waals surface area (Å²) >= 11 is 1.86. The number of para-hydroxylation sites is 1. The monoisotopic (exact) mass is 617 g/mol. The summed E-state index contributed by atoms with van der Waals surface area (Å²) in [4.78, 5) is 2.40. The van der Waals surface area contributed by atoms with Gasteiger partial charge in [-0.1, -0.05) is 103 Å². The van der Waals surface area contributed by atoms with Gasteiger partial charge in [0.25, 0.3) is 0 Å². The van der Waals surface area contributed by atoms with Crippen LogP contribution in [-0.4, -0.2) is 0 Å². The van der Waals surface area contributed by atoms with Gasteiger partial charge in [0.2, 0.25) is 0 Å². The zero-order valence-electron chi connectivity index (χ0n) is 25.4. The highest BCUT2D eigenvalue weighted by atomic mass is 32.1. The molecule has 0 saturated carbocycles. The minimum Gasteiger partial charge on any atom is -0.456 e. The highest BCUT2D eigenvalue weighted by molar-refractivity contribution is 7.25. The summed E-state index contributed by atoms with van der Waals surface area (Å²) in [5.41, 5.74) is 7.61. The molecule has 0 N–H and O–H groups in total. The molecule has 0 atom stereocenters. The predicted octanol–water partition coefficient (Wildman–Crippen LogP) is 13.4. The first-order valence-corrected chi connectivity index (χ1v) is 16.7. The third-order valence-corrected chi connectivity index (χ3v) is 10.5. The number of rotatable bonds is 4. The van der Waals surface area contributed by atoms with Crippen LogP contribution in [0.1, 0.15) is 0 Å². The summed E-state index contributed by atoms with van der Waals surface area (Å²) in [6.07, 6.45) is 0. The van der Waals surface area contributed by atoms with Gasteiger partial charge in [-0.15, -0.1) is 11.3 Å². The van der Waals surface area contributed by atoms with Crippen molar-refractivity contribution in [3.05, 3.63) is 164 Å². The van der Waals surface area contributed by atoms with E-state index >= 15 is 0 Å². The molecule has 3 heteroatoms. The lowest BCUT2D eigenvalue weighted by molar-refractivity contribution is 0.669. The highest BCUT2D eigenvalue weighted by Crippen LogP contribution is 2.43. The first kappa shape index (κ1) is 26.3. The Hall–Kier alpha value is -5.90. The lowest BCUT2D eigenvalue weighted by Gasteiger charge is -2.26. The average Bonchev–Trinajstić information content (AvgIpc) is 3.69. The number of hydrogen-bond acceptors (Lipinski definition) is 3. The third kappa shape index (κ3) is 4.25. The molecule has 0 aliphatic carbocycles. The molecule has 0 unspecified atom stereocenters. The number of anilines is 3. The molecule has 0 bridgehead atoms. The number of benzene rings is 8. The van der Waals surface area contributed by atoms with Gasteiger partial charge in [0, 0.05) is 48.0 Å². The first-order valence-electron chi connectivity index (χ1n) is 15.9. The van der Waals surface area contributed by atoms with Crippen LogP contribution in [0.15, 0.2) is 168 Å². The standard InChI is InChI=1S/C44H27NOS/c1-2-9-28(10-3-1)30-11-8-12-32(23-30)45(34-21-22-37-36-14-5-7-16-43(36)47-44(37)26-34)33-20-19-29-17-18-31-24-42-40(27-39(31)38(29)25-33)35-13-4-6-15-41(35)46-42/h1-27H. The lowest BCUT2D eigenvalue weighted by atomic mass is 9.98. The van der Waals surface area contributed by atoms with Gasteiger partial charge in [-0.3, -0.25) is 0 Å². The topological polar surface area (TPSA) is 16.4 Å². The van der Waals surface area contributed by atoms with Gasteiger partial charge in [0.15, 0.2) is 0 Å². The minimum atomic E-state index is 0.920. The van der Waals surface area contributed by atoms with E-state index in [0.29, 0.717) is 0 Å². The van der Waals surface area contributed by atoms with E-state index in [2.05, 4.69) is 157 Å². The Morgan fingerprint density at radius 3 is 1.98 bits per heavy atom. The second-order valence-electron chi connectivity index (χ2n) is 12.2. The van der Waals surface area contributed by atoms with Crippen LogP contribution in [0.4, 0.5) is 17.1 Å². The second kappa shape index (κ2) is 10.3. The van der Waals surface area contributed by atoms with Crippen LogP contribution in [0.3, 0.4) is 0 Å². The van der Waals surface area contributed by atoms with Crippen molar-refractivity contribution in [1.29, 1.82) is 0 Å². The predicted molar refractivity (Wildman–Crippen MR) is 202 cm³/mol. The zero-order valence-corrected chi connectivity index (χ0v) is 26.2. The largest absolute Gasteiger partial charge is 0.456 e. The van der Waals surface area contributed by atoms with Crippen molar-refractivity contribution in [2.45, 2.75) is 0 Å². The van der Waals surface area contributed by atoms with Gasteiger partial charge >= 0.3 is 0 Å². The van der Waals surface area contributed by atoms with E-state index in [1.165, 1.54) is 52.8 Å². The quantitative estimate of drug-likeness (QED) is 0.183. The second-order valence-corrected chi connectivity index (χ2v) is 13.3. The van der Waals surface area contributed by atoms with Crippen LogP contribution >= 0.6 is 11.3 Å². The molecule has 0 saturated heterocycles. The molecule has 220 valence electrons. The van der Waals surface area contributed by atoms with Gasteiger partial charge in [0.05, 0.1) is 0 Å². The summed E-state index contributed by atoms with van der Waals surface area (Å²) in [5, 5.41) is 9.74. The molecular formula is C44H27NOS. The Labute approximate surface area is 275 Å². The summed E-state index contributed by atoms with van der Waals surface area (Å²) in [5.74, 6) is 0. The fourth-order valence-electron chi connectivity index (χ4n) is 7.16. The third-order valence-electron chi connectivity index (χ3n) is 9.41. The van der Waals surface area contributed by atoms with Crippen LogP contribution < -0.4 is 4.90 Å². The van der Waals surface area contributed by atoms with Gasteiger partial charge in [0.1, 0.15) is 11.2 Å². The Kier molecular flexibility index (Phi) is 5.78. The van der Waals surface area contributed by atoms with Crippen LogP contribution in [-0.2, 0) is 0 Å². The fourth-order valence-corrected chi connectivity index (χ4v) is 8.29. The van der Waals surface area contributed by atoms with Crippen molar-refractivity contribution in [3.8, 4) is 11.1 Å². The smallest absolute Gasteiger partial charge is 0.136 e. The normalized spacial score (nSPS) is 11.8. The van der Waals surface area contributed by atoms with E-state index in [1.54, 1.807) is 0 Å². The van der Waals surface area contributed by atoms with Gasteiger partial charge in [-0.25, -0.2) is 0 Å². The molecule has 0 spiro atoms. The molecule has 47 heavy (non-hydrogen) atoms. The van der Waals surface area contributed by atoms with Crippen molar-refractivity contribution in [1.82, 2.24) is 0 Å². The average molecular weight is 618 g/mol. The van der Waals surface area contributed by atoms with E-state index in [1.807, 2.05) is 23.5 Å². The van der Waals surface area contributed by atoms with Crippen LogP contribution in [0.25, 0.3) is 74.8 Å². The molecule has 0 aliphatic heterocycles. The maximum Gasteiger partial charge on any atom is 0.136 e. The molecule has 0 amide bonds. The maximum absolute atomic E-state index is 6.25. The number of fused-ring (bicyclic) bond motifs is 9. The Morgan fingerprint density at radius 2 is 1.04 bits per heavy atom. The number of nitrogens with zero attached hydrogens (tertiary/aromatic N) is 1. The molecule has 0 radical (unpaired) electrons. The van der Waals surface area contributed by atoms with E-state index in [4.69, 9.17) is 4.42 Å². The molecule has 0 fully saturated rings. The molecule has 2 heterocycles. The van der Waals surface area contributed by atoms with Crippen LogP contribution in [0.2, 0.25) is 0 Å². The molecule has 2 aromatic heterocycles. The molecule has 10 rings (SSSR count). The van der Waals surface area contributed by atoms with Gasteiger partial charge in [-0.05, 0) is 93.3 Å². The summed E-state index contributed by atoms with van der Waals surface area (Å²) < 4.78 is 8.85. The van der Waals surface area contributed by atoms with E-state index < -0.39 is 0 Å². The number of hydrogen-bond donors (Lipinski definition) is 0. The summed E-state index contributed by atoms with van der Waals surface area (Å²) in [6.45, 7) is 0. The first-order chi connectivity index (χ1) is 23.3. The molecule has 10 aromatic rings. The molecule has 8 aromatic carbocycles. The van der Waals surface area contributed by atoms with Gasteiger partial charge in [-0.2, -0.15) is 0 Å². The number of furan rings is 1. The number of thiophene rings is 1. The maximum atomic E-state index is 6.25. The van der Waals surface area contributed by atoms with Crippen molar-refractivity contribution < 1.29 is 4.42 Å². The van der Waals surface area contributed by atoms with Crippen molar-refractivity contribution in [3.63, 3.8) is 0 Å². The summed E-state index contributed by atoms with van der Waals surface area (Å²) in [6, 6.07) is 59.2. The fraction of sp³-hybridized carbons (Fsp3) is 0. The molecule has 2 nitrogen and oxygen atoms in total. The lowest BCUT2D eigenvalue weighted by Crippen LogP contribution is -2.10. The van der Waals surface area contributed by atoms with Crippen molar-refractivity contribution in [2.24, 2.45) is 0 Å². The Morgan fingerprint density at radius 1 is 0.362 bits per heavy atom. The molecule has 0 aliphatic rings. The zero-order chi connectivity index (χ0) is 30.9. The SMILES string of the molecule is c1ccc(-c2cccc(N(c3ccc4c(c3)sc3ccccc34)c3ccc4ccc5cc6oc7ccccc7c6cc5c4c3)c2)cc1. The highest BCUT2D eigenvalue weighted by Gasteiger charge is 2.17. The van der Waals surface area contributed by atoms with Crippen LogP contribution in [0.5, 0.6) is 0 Å². The van der Waals surface area contributed by atoms with Gasteiger partial charge < -0.3 is 9.32 Å². The van der Waals surface area contributed by atoms with Crippen molar-refractivity contribution >= 4 is 92.1 Å². The molecular weight excluding hydrogens is 591 g/mol. The van der Waals surface area contributed by atoms with Crippen molar-refractivity contribution in [2.75, 3.05) is 4.90 Å². The summed E-state index contributed by atoms with van der Waals surface area (Å²) in [7, 11) is 0. The van der Waals surface area contributed by atoms with E-state index in [9.17, 15) is 0 Å². The Balaban J connectivity index is 1.21.